The molecule has 1 aromatic heterocycles. The number of nitrogens with one attached hydrogen (secondary N) is 2. The highest BCUT2D eigenvalue weighted by atomic mass is 19.4. The van der Waals surface area contributed by atoms with Crippen molar-refractivity contribution in [2.75, 3.05) is 11.9 Å². The summed E-state index contributed by atoms with van der Waals surface area (Å²) in [6.45, 7) is 4.56. The number of rotatable bonds is 8. The number of hydrogen-bond donors (Lipinski definition) is 2. The molecule has 0 spiro atoms. The predicted molar refractivity (Wildman–Crippen MR) is 108 cm³/mol. The van der Waals surface area contributed by atoms with Gasteiger partial charge in [-0.2, -0.15) is 13.2 Å². The van der Waals surface area contributed by atoms with Gasteiger partial charge in [0.15, 0.2) is 0 Å². The Bertz CT molecular complexity index is 953. The van der Waals surface area contributed by atoms with Crippen LogP contribution in [0.3, 0.4) is 0 Å². The van der Waals surface area contributed by atoms with Gasteiger partial charge in [-0.15, -0.1) is 0 Å². The maximum atomic E-state index is 12.9. The fourth-order valence-corrected chi connectivity index (χ4v) is 3.00. The third kappa shape index (κ3) is 5.49. The van der Waals surface area contributed by atoms with Gasteiger partial charge in [-0.1, -0.05) is 44.2 Å². The molecular formula is C21H24F3N3O3. The van der Waals surface area contributed by atoms with Gasteiger partial charge in [-0.25, -0.2) is 0 Å². The first-order chi connectivity index (χ1) is 14.1. The van der Waals surface area contributed by atoms with Crippen LogP contribution in [-0.4, -0.2) is 35.0 Å². The first-order valence-electron chi connectivity index (χ1n) is 9.49. The molecule has 0 aliphatic carbocycles. The standard InChI is InChI=1S/C21H24F3N3O3/c1-4-25-15-10-11-16(14-8-6-5-7-9-14)27(20(15)30)12-17(28)26-18(13(2)3)19(29)21(22,23)24/h5-11,13,18,25H,4,12H2,1-3H3,(H,26,28). The van der Waals surface area contributed by atoms with E-state index in [1.807, 2.05) is 0 Å². The van der Waals surface area contributed by atoms with Crippen molar-refractivity contribution in [2.24, 2.45) is 5.92 Å². The van der Waals surface area contributed by atoms with Gasteiger partial charge in [0.25, 0.3) is 11.3 Å². The minimum atomic E-state index is -5.07. The SMILES string of the molecule is CCNc1ccc(-c2ccccc2)n(CC(=O)NC(C(=O)C(F)(F)F)C(C)C)c1=O. The number of Topliss-reactive ketones (excluding diaryl/α,β-unsaturated/α-hetero) is 1. The fraction of sp³-hybridized carbons (Fsp3) is 0.381. The molecule has 2 aromatic rings. The molecule has 1 heterocycles. The lowest BCUT2D eigenvalue weighted by molar-refractivity contribution is -0.174. The number of alkyl halides is 3. The number of amides is 1. The zero-order valence-corrected chi connectivity index (χ0v) is 16.9. The molecule has 0 aliphatic heterocycles. The van der Waals surface area contributed by atoms with Crippen LogP contribution in [0.2, 0.25) is 0 Å². The second-order valence-electron chi connectivity index (χ2n) is 7.07. The molecule has 0 aliphatic rings. The molecule has 1 aromatic carbocycles. The molecule has 1 atom stereocenters. The van der Waals surface area contributed by atoms with Crippen molar-refractivity contribution in [3.8, 4) is 11.3 Å². The summed E-state index contributed by atoms with van der Waals surface area (Å²) in [4.78, 5) is 37.1. The summed E-state index contributed by atoms with van der Waals surface area (Å²) >= 11 is 0. The Labute approximate surface area is 172 Å². The van der Waals surface area contributed by atoms with Crippen molar-refractivity contribution >= 4 is 17.4 Å². The topological polar surface area (TPSA) is 80.2 Å². The summed E-state index contributed by atoms with van der Waals surface area (Å²) in [5.41, 5.74) is 0.867. The number of ketones is 1. The molecule has 9 heteroatoms. The van der Waals surface area contributed by atoms with Crippen molar-refractivity contribution in [2.45, 2.75) is 39.5 Å². The van der Waals surface area contributed by atoms with Crippen LogP contribution in [0.4, 0.5) is 18.9 Å². The molecule has 0 radical (unpaired) electrons. The van der Waals surface area contributed by atoms with Crippen LogP contribution in [0, 0.1) is 5.92 Å². The molecule has 0 bridgehead atoms. The zero-order chi connectivity index (χ0) is 22.5. The van der Waals surface area contributed by atoms with Crippen LogP contribution < -0.4 is 16.2 Å². The molecule has 30 heavy (non-hydrogen) atoms. The maximum absolute atomic E-state index is 12.9. The Balaban J connectivity index is 2.40. The van der Waals surface area contributed by atoms with Gasteiger partial charge in [-0.05, 0) is 30.5 Å². The van der Waals surface area contributed by atoms with E-state index in [1.54, 1.807) is 49.4 Å². The Morgan fingerprint density at radius 3 is 2.23 bits per heavy atom. The van der Waals surface area contributed by atoms with E-state index in [4.69, 9.17) is 0 Å². The Morgan fingerprint density at radius 2 is 1.70 bits per heavy atom. The fourth-order valence-electron chi connectivity index (χ4n) is 3.00. The summed E-state index contributed by atoms with van der Waals surface area (Å²) < 4.78 is 39.8. The normalized spacial score (nSPS) is 12.5. The monoisotopic (exact) mass is 423 g/mol. The molecule has 1 unspecified atom stereocenters. The molecule has 0 fully saturated rings. The van der Waals surface area contributed by atoms with E-state index in [-0.39, 0.29) is 5.69 Å². The van der Waals surface area contributed by atoms with Gasteiger partial charge in [-0.3, -0.25) is 19.0 Å². The highest BCUT2D eigenvalue weighted by Gasteiger charge is 2.45. The van der Waals surface area contributed by atoms with E-state index in [0.717, 1.165) is 0 Å². The van der Waals surface area contributed by atoms with E-state index in [0.29, 0.717) is 17.8 Å². The number of nitrogens with zero attached hydrogens (tertiary/aromatic N) is 1. The van der Waals surface area contributed by atoms with Gasteiger partial charge in [0.2, 0.25) is 5.91 Å². The number of anilines is 1. The Hall–Kier alpha value is -3.10. The highest BCUT2D eigenvalue weighted by Crippen LogP contribution is 2.22. The first-order valence-corrected chi connectivity index (χ1v) is 9.49. The van der Waals surface area contributed by atoms with Crippen molar-refractivity contribution in [1.82, 2.24) is 9.88 Å². The first kappa shape index (κ1) is 23.2. The molecule has 6 nitrogen and oxygen atoms in total. The van der Waals surface area contributed by atoms with Gasteiger partial charge in [0.1, 0.15) is 12.2 Å². The summed E-state index contributed by atoms with van der Waals surface area (Å²) in [5.74, 6) is -3.66. The average molecular weight is 423 g/mol. The van der Waals surface area contributed by atoms with Crippen LogP contribution in [0.25, 0.3) is 11.3 Å². The van der Waals surface area contributed by atoms with E-state index in [1.165, 1.54) is 18.4 Å². The molecule has 0 saturated carbocycles. The molecule has 0 saturated heterocycles. The number of benzene rings is 1. The quantitative estimate of drug-likeness (QED) is 0.683. The Kier molecular flexibility index (Phi) is 7.42. The number of hydrogen-bond acceptors (Lipinski definition) is 4. The average Bonchev–Trinajstić information content (AvgIpc) is 2.68. The number of pyridine rings is 1. The minimum absolute atomic E-state index is 0.261. The lowest BCUT2D eigenvalue weighted by Gasteiger charge is -2.23. The van der Waals surface area contributed by atoms with Crippen LogP contribution in [0.5, 0.6) is 0 Å². The minimum Gasteiger partial charge on any atom is -0.381 e. The second-order valence-corrected chi connectivity index (χ2v) is 7.07. The molecule has 1 amide bonds. The zero-order valence-electron chi connectivity index (χ0n) is 16.9. The van der Waals surface area contributed by atoms with E-state index < -0.39 is 41.9 Å². The van der Waals surface area contributed by atoms with Gasteiger partial charge in [0.05, 0.1) is 11.7 Å². The van der Waals surface area contributed by atoms with Crippen molar-refractivity contribution in [3.63, 3.8) is 0 Å². The smallest absolute Gasteiger partial charge is 0.381 e. The van der Waals surface area contributed by atoms with Crippen molar-refractivity contribution < 1.29 is 22.8 Å². The van der Waals surface area contributed by atoms with Gasteiger partial charge in [0, 0.05) is 6.54 Å². The van der Waals surface area contributed by atoms with Crippen LogP contribution in [0.1, 0.15) is 20.8 Å². The van der Waals surface area contributed by atoms with E-state index >= 15 is 0 Å². The number of carbonyl (C=O) groups excluding carboxylic acids is 2. The molecule has 162 valence electrons. The number of aromatic nitrogens is 1. The van der Waals surface area contributed by atoms with Crippen LogP contribution in [-0.2, 0) is 16.1 Å². The lowest BCUT2D eigenvalue weighted by atomic mass is 9.99. The van der Waals surface area contributed by atoms with Crippen molar-refractivity contribution in [3.05, 3.63) is 52.8 Å². The van der Waals surface area contributed by atoms with Crippen LogP contribution in [0.15, 0.2) is 47.3 Å². The number of carbonyl (C=O) groups is 2. The third-order valence-corrected chi connectivity index (χ3v) is 4.46. The van der Waals surface area contributed by atoms with Gasteiger partial charge < -0.3 is 10.6 Å². The summed E-state index contributed by atoms with van der Waals surface area (Å²) in [7, 11) is 0. The summed E-state index contributed by atoms with van der Waals surface area (Å²) in [5, 5.41) is 5.04. The van der Waals surface area contributed by atoms with Gasteiger partial charge >= 0.3 is 6.18 Å². The predicted octanol–water partition coefficient (Wildman–Crippen LogP) is 3.22. The second kappa shape index (κ2) is 9.60. The Morgan fingerprint density at radius 1 is 1.07 bits per heavy atom. The summed E-state index contributed by atoms with van der Waals surface area (Å²) in [6.07, 6.45) is -5.07. The molecule has 2 rings (SSSR count). The van der Waals surface area contributed by atoms with E-state index in [2.05, 4.69) is 10.6 Å². The maximum Gasteiger partial charge on any atom is 0.452 e. The van der Waals surface area contributed by atoms with E-state index in [9.17, 15) is 27.6 Å². The largest absolute Gasteiger partial charge is 0.452 e. The lowest BCUT2D eigenvalue weighted by Crippen LogP contribution is -2.50. The highest BCUT2D eigenvalue weighted by molar-refractivity contribution is 5.93. The molecular weight excluding hydrogens is 399 g/mol. The third-order valence-electron chi connectivity index (χ3n) is 4.46. The number of halogens is 3. The van der Waals surface area contributed by atoms with Crippen LogP contribution >= 0.6 is 0 Å². The molecule has 2 N–H and O–H groups in total. The summed E-state index contributed by atoms with van der Waals surface area (Å²) in [6, 6.07) is 10.3. The van der Waals surface area contributed by atoms with Crippen molar-refractivity contribution in [1.29, 1.82) is 0 Å².